The van der Waals surface area contributed by atoms with Crippen LogP contribution >= 0.6 is 0 Å². The number of amides is 2. The summed E-state index contributed by atoms with van der Waals surface area (Å²) >= 11 is 0. The summed E-state index contributed by atoms with van der Waals surface area (Å²) in [5.74, 6) is -2.28. The molecule has 0 aromatic carbocycles. The van der Waals surface area contributed by atoms with E-state index in [1.54, 1.807) is 0 Å². The number of nitrogens with one attached hydrogen (secondary N) is 4. The number of hydrogen-bond acceptors (Lipinski definition) is 8. The van der Waals surface area contributed by atoms with E-state index in [9.17, 15) is 14.4 Å². The minimum Gasteiger partial charge on any atom is -0.481 e. The summed E-state index contributed by atoms with van der Waals surface area (Å²) in [6.07, 6.45) is 0.482. The van der Waals surface area contributed by atoms with E-state index in [0.717, 1.165) is 0 Å². The summed E-state index contributed by atoms with van der Waals surface area (Å²) < 4.78 is 4.91. The lowest BCUT2D eigenvalue weighted by molar-refractivity contribution is -0.139. The van der Waals surface area contributed by atoms with Crippen LogP contribution in [0.5, 0.6) is 0 Å². The fraction of sp³-hybridized carbons (Fsp3) is 0.571. The number of carbonyl (C=O) groups excluding carboxylic acids is 1. The lowest BCUT2D eigenvalue weighted by Gasteiger charge is -2.14. The molecule has 0 spiro atoms. The molecule has 0 radical (unpaired) electrons. The standard InChI is InChI=1S/C14H24N8O6/c15-7(3-4-10(23)24)11-21-9(28-22-11)6-19-14(27)20-8(12(25)26)2-1-5-18-13(16)17/h7-8H,1-6,15H2,(H,23,24)(H,25,26)(H4,16,17,18)(H2,19,20,27)/t7-,8-/m0/s1. The molecule has 0 fully saturated rings. The topological polar surface area (TPSA) is 243 Å². The number of nitrogens with two attached hydrogens (primary N) is 2. The van der Waals surface area contributed by atoms with E-state index in [4.69, 9.17) is 31.6 Å². The van der Waals surface area contributed by atoms with E-state index < -0.39 is 30.1 Å². The van der Waals surface area contributed by atoms with Gasteiger partial charge in [-0.05, 0) is 19.3 Å². The summed E-state index contributed by atoms with van der Waals surface area (Å²) in [5.41, 5.74) is 10.9. The molecule has 156 valence electrons. The molecule has 14 nitrogen and oxygen atoms in total. The molecular formula is C14H24N8O6. The van der Waals surface area contributed by atoms with E-state index in [2.05, 4.69) is 26.1 Å². The first kappa shape index (κ1) is 22.6. The second-order valence-corrected chi connectivity index (χ2v) is 5.79. The fourth-order valence-corrected chi connectivity index (χ4v) is 2.05. The highest BCUT2D eigenvalue weighted by Crippen LogP contribution is 2.12. The normalized spacial score (nSPS) is 12.6. The zero-order chi connectivity index (χ0) is 21.1. The quantitative estimate of drug-likeness (QED) is 0.113. The van der Waals surface area contributed by atoms with Crippen LogP contribution in [0.4, 0.5) is 4.79 Å². The van der Waals surface area contributed by atoms with Crippen molar-refractivity contribution < 1.29 is 29.1 Å². The highest BCUT2D eigenvalue weighted by Gasteiger charge is 2.20. The monoisotopic (exact) mass is 400 g/mol. The van der Waals surface area contributed by atoms with Crippen LogP contribution in [0.25, 0.3) is 0 Å². The summed E-state index contributed by atoms with van der Waals surface area (Å²) in [5, 5.41) is 35.6. The number of nitrogens with zero attached hydrogens (tertiary/aromatic N) is 2. The summed E-state index contributed by atoms with van der Waals surface area (Å²) in [6.45, 7) is 0.137. The van der Waals surface area contributed by atoms with Crippen molar-refractivity contribution in [3.05, 3.63) is 11.7 Å². The molecule has 0 saturated heterocycles. The third-order valence-electron chi connectivity index (χ3n) is 3.47. The number of carboxylic acids is 2. The number of hydrogen-bond donors (Lipinski definition) is 8. The summed E-state index contributed by atoms with van der Waals surface area (Å²) in [4.78, 5) is 37.5. The van der Waals surface area contributed by atoms with Crippen molar-refractivity contribution in [3.63, 3.8) is 0 Å². The van der Waals surface area contributed by atoms with Gasteiger partial charge >= 0.3 is 18.0 Å². The van der Waals surface area contributed by atoms with Gasteiger partial charge in [-0.3, -0.25) is 10.2 Å². The second kappa shape index (κ2) is 11.3. The SMILES string of the molecule is N=C(N)NCCC[C@H](NC(=O)NCc1nc([C@@H](N)CCC(=O)O)no1)C(=O)O. The van der Waals surface area contributed by atoms with Crippen LogP contribution in [0.15, 0.2) is 4.52 Å². The molecule has 0 aliphatic carbocycles. The number of aromatic nitrogens is 2. The number of aliphatic carboxylic acids is 2. The Morgan fingerprint density at radius 2 is 1.93 bits per heavy atom. The smallest absolute Gasteiger partial charge is 0.326 e. The van der Waals surface area contributed by atoms with Gasteiger partial charge in [0.25, 0.3) is 0 Å². The third-order valence-corrected chi connectivity index (χ3v) is 3.47. The van der Waals surface area contributed by atoms with Gasteiger partial charge in [0, 0.05) is 13.0 Å². The Bertz CT molecular complexity index is 693. The lowest BCUT2D eigenvalue weighted by Crippen LogP contribution is -2.46. The van der Waals surface area contributed by atoms with Gasteiger partial charge in [-0.1, -0.05) is 5.16 Å². The Morgan fingerprint density at radius 3 is 2.54 bits per heavy atom. The maximum Gasteiger partial charge on any atom is 0.326 e. The molecule has 0 bridgehead atoms. The summed E-state index contributed by atoms with van der Waals surface area (Å²) in [7, 11) is 0. The molecule has 1 heterocycles. The van der Waals surface area contributed by atoms with Crippen molar-refractivity contribution in [1.82, 2.24) is 26.1 Å². The van der Waals surface area contributed by atoms with Gasteiger partial charge in [0.05, 0.1) is 12.6 Å². The van der Waals surface area contributed by atoms with Gasteiger partial charge in [-0.2, -0.15) is 4.98 Å². The molecule has 2 amide bonds. The minimum absolute atomic E-state index is 0.0356. The Labute approximate surface area is 159 Å². The van der Waals surface area contributed by atoms with E-state index in [1.165, 1.54) is 0 Å². The number of carbonyl (C=O) groups is 3. The second-order valence-electron chi connectivity index (χ2n) is 5.79. The zero-order valence-corrected chi connectivity index (χ0v) is 15.0. The first-order valence-electron chi connectivity index (χ1n) is 8.34. The predicted octanol–water partition coefficient (Wildman–Crippen LogP) is -1.55. The van der Waals surface area contributed by atoms with E-state index in [0.29, 0.717) is 13.0 Å². The molecule has 2 atom stereocenters. The Hall–Kier alpha value is -3.42. The van der Waals surface area contributed by atoms with Gasteiger partial charge in [0.2, 0.25) is 5.89 Å². The van der Waals surface area contributed by atoms with Crippen LogP contribution in [-0.4, -0.2) is 56.9 Å². The van der Waals surface area contributed by atoms with Gasteiger partial charge in [0.15, 0.2) is 11.8 Å². The molecule has 0 aliphatic rings. The van der Waals surface area contributed by atoms with E-state index in [-0.39, 0.29) is 43.5 Å². The molecular weight excluding hydrogens is 376 g/mol. The van der Waals surface area contributed by atoms with Crippen molar-refractivity contribution in [3.8, 4) is 0 Å². The molecule has 0 unspecified atom stereocenters. The van der Waals surface area contributed by atoms with Crippen molar-refractivity contribution >= 4 is 23.9 Å². The molecule has 1 aromatic rings. The predicted molar refractivity (Wildman–Crippen MR) is 94.0 cm³/mol. The fourth-order valence-electron chi connectivity index (χ4n) is 2.05. The highest BCUT2D eigenvalue weighted by atomic mass is 16.5. The Kier molecular flexibility index (Phi) is 9.15. The first-order chi connectivity index (χ1) is 13.2. The van der Waals surface area contributed by atoms with Gasteiger partial charge in [-0.15, -0.1) is 0 Å². The lowest BCUT2D eigenvalue weighted by atomic mass is 10.1. The van der Waals surface area contributed by atoms with E-state index in [1.807, 2.05) is 0 Å². The zero-order valence-electron chi connectivity index (χ0n) is 15.0. The van der Waals surface area contributed by atoms with Crippen molar-refractivity contribution in [2.24, 2.45) is 11.5 Å². The first-order valence-corrected chi connectivity index (χ1v) is 8.34. The average molecular weight is 400 g/mol. The number of urea groups is 1. The Balaban J connectivity index is 2.42. The van der Waals surface area contributed by atoms with E-state index >= 15 is 0 Å². The van der Waals surface area contributed by atoms with Crippen molar-refractivity contribution in [2.75, 3.05) is 6.54 Å². The van der Waals surface area contributed by atoms with Crippen LogP contribution in [0.2, 0.25) is 0 Å². The van der Waals surface area contributed by atoms with Crippen LogP contribution in [0.1, 0.15) is 43.4 Å². The number of carboxylic acid groups (broad SMARTS) is 2. The van der Waals surface area contributed by atoms with Crippen LogP contribution in [-0.2, 0) is 16.1 Å². The number of guanidine groups is 1. The van der Waals surface area contributed by atoms with Crippen LogP contribution in [0.3, 0.4) is 0 Å². The molecule has 1 aromatic heterocycles. The summed E-state index contributed by atoms with van der Waals surface area (Å²) in [6, 6.07) is -2.60. The molecule has 0 saturated carbocycles. The van der Waals surface area contributed by atoms with Crippen molar-refractivity contribution in [2.45, 2.75) is 44.3 Å². The van der Waals surface area contributed by atoms with Gasteiger partial charge in [-0.25, -0.2) is 9.59 Å². The third kappa shape index (κ3) is 8.79. The molecule has 28 heavy (non-hydrogen) atoms. The number of rotatable bonds is 12. The minimum atomic E-state index is -1.21. The molecule has 14 heteroatoms. The Morgan fingerprint density at radius 1 is 1.21 bits per heavy atom. The molecule has 10 N–H and O–H groups in total. The van der Waals surface area contributed by atoms with Gasteiger partial charge < -0.3 is 42.2 Å². The molecule has 1 rings (SSSR count). The van der Waals surface area contributed by atoms with Gasteiger partial charge in [0.1, 0.15) is 6.04 Å². The molecule has 0 aliphatic heterocycles. The average Bonchev–Trinajstić information content (AvgIpc) is 3.09. The maximum absolute atomic E-state index is 11.9. The maximum atomic E-state index is 11.9. The highest BCUT2D eigenvalue weighted by molar-refractivity contribution is 5.82. The largest absolute Gasteiger partial charge is 0.481 e. The van der Waals surface area contributed by atoms with Crippen LogP contribution in [0, 0.1) is 5.41 Å². The van der Waals surface area contributed by atoms with Crippen LogP contribution < -0.4 is 27.4 Å². The van der Waals surface area contributed by atoms with Crippen molar-refractivity contribution in [1.29, 1.82) is 5.41 Å².